The number of nitrogens with one attached hydrogen (secondary N) is 1. The Morgan fingerprint density at radius 2 is 1.11 bits per heavy atom. The summed E-state index contributed by atoms with van der Waals surface area (Å²) in [6, 6.07) is -0.646. The molecule has 2 atom stereocenters. The molecule has 3 N–H and O–H groups in total. The van der Waals surface area contributed by atoms with E-state index in [-0.39, 0.29) is 12.5 Å². The van der Waals surface area contributed by atoms with E-state index >= 15 is 0 Å². The number of unbranched alkanes of at least 4 members (excludes halogenated alkanes) is 14. The van der Waals surface area contributed by atoms with Gasteiger partial charge >= 0.3 is 0 Å². The van der Waals surface area contributed by atoms with Crippen LogP contribution in [0, 0.1) is 0 Å². The number of carbonyl (C=O) groups is 1. The minimum atomic E-state index is -0.869. The van der Waals surface area contributed by atoms with E-state index < -0.39 is 12.1 Å². The zero-order chi connectivity index (χ0) is 27.9. The SMILES string of the molecule is CC/C=C/CC/C=C/CC/C=C/C(O)C(CO)NC(=O)CCCCCCC/C=C\CCCCCCCCC. The molecule has 0 saturated carbocycles. The first-order valence-corrected chi connectivity index (χ1v) is 15.9. The molecule has 0 heterocycles. The average molecular weight is 532 g/mol. The van der Waals surface area contributed by atoms with Crippen LogP contribution in [0.15, 0.2) is 48.6 Å². The van der Waals surface area contributed by atoms with Crippen LogP contribution in [-0.2, 0) is 4.79 Å². The van der Waals surface area contributed by atoms with E-state index in [9.17, 15) is 15.0 Å². The first kappa shape index (κ1) is 36.4. The van der Waals surface area contributed by atoms with Gasteiger partial charge in [0.1, 0.15) is 0 Å². The highest BCUT2D eigenvalue weighted by Crippen LogP contribution is 2.11. The second-order valence-corrected chi connectivity index (χ2v) is 10.5. The van der Waals surface area contributed by atoms with Crippen molar-refractivity contribution >= 4 is 5.91 Å². The summed E-state index contributed by atoms with van der Waals surface area (Å²) in [5.41, 5.74) is 0. The van der Waals surface area contributed by atoms with Crippen molar-refractivity contribution in [1.82, 2.24) is 5.32 Å². The standard InChI is InChI=1S/C34H61NO3/c1-3-5-7-9-11-13-15-16-17-18-19-20-22-24-26-28-30-34(38)35-32(31-36)33(37)29-27-25-23-21-14-12-10-8-6-4-2/h6,8,14,17-18,21,27,29,32-33,36-37H,3-5,7,9-13,15-16,19-20,22-26,28,30-31H2,1-2H3,(H,35,38)/b8-6+,18-17-,21-14+,29-27+. The molecule has 0 aliphatic heterocycles. The zero-order valence-electron chi connectivity index (χ0n) is 24.9. The summed E-state index contributed by atoms with van der Waals surface area (Å²) in [6.45, 7) is 4.14. The number of carbonyl (C=O) groups excluding carboxylic acids is 1. The van der Waals surface area contributed by atoms with Gasteiger partial charge in [0.05, 0.1) is 18.8 Å². The predicted molar refractivity (Wildman–Crippen MR) is 165 cm³/mol. The van der Waals surface area contributed by atoms with E-state index in [0.29, 0.717) is 6.42 Å². The number of hydrogen-bond donors (Lipinski definition) is 3. The van der Waals surface area contributed by atoms with Crippen molar-refractivity contribution < 1.29 is 15.0 Å². The topological polar surface area (TPSA) is 69.6 Å². The van der Waals surface area contributed by atoms with Gasteiger partial charge in [-0.05, 0) is 64.2 Å². The lowest BCUT2D eigenvalue weighted by atomic mass is 10.1. The maximum absolute atomic E-state index is 12.2. The zero-order valence-corrected chi connectivity index (χ0v) is 24.9. The van der Waals surface area contributed by atoms with Crippen LogP contribution >= 0.6 is 0 Å². The summed E-state index contributed by atoms with van der Waals surface area (Å²) >= 11 is 0. The van der Waals surface area contributed by atoms with E-state index in [1.807, 2.05) is 6.08 Å². The van der Waals surface area contributed by atoms with Crippen LogP contribution in [0.5, 0.6) is 0 Å². The maximum Gasteiger partial charge on any atom is 0.220 e. The fraction of sp³-hybridized carbons (Fsp3) is 0.735. The van der Waals surface area contributed by atoms with Crippen LogP contribution in [-0.4, -0.2) is 34.9 Å². The molecule has 0 fully saturated rings. The molecule has 220 valence electrons. The molecule has 4 nitrogen and oxygen atoms in total. The van der Waals surface area contributed by atoms with Gasteiger partial charge < -0.3 is 15.5 Å². The number of aliphatic hydroxyl groups is 2. The van der Waals surface area contributed by atoms with Gasteiger partial charge in [-0.3, -0.25) is 4.79 Å². The number of rotatable bonds is 27. The molecule has 2 unspecified atom stereocenters. The molecule has 0 saturated heterocycles. The summed E-state index contributed by atoms with van der Waals surface area (Å²) in [4.78, 5) is 12.2. The third kappa shape index (κ3) is 26.0. The van der Waals surface area contributed by atoms with Gasteiger partial charge in [0, 0.05) is 6.42 Å². The van der Waals surface area contributed by atoms with Crippen molar-refractivity contribution in [3.63, 3.8) is 0 Å². The van der Waals surface area contributed by atoms with Crippen LogP contribution in [0.1, 0.15) is 142 Å². The van der Waals surface area contributed by atoms with E-state index in [2.05, 4.69) is 55.6 Å². The molecule has 4 heteroatoms. The monoisotopic (exact) mass is 531 g/mol. The molecule has 1 amide bonds. The highest BCUT2D eigenvalue weighted by Gasteiger charge is 2.17. The summed E-state index contributed by atoms with van der Waals surface area (Å²) in [7, 11) is 0. The van der Waals surface area contributed by atoms with Crippen molar-refractivity contribution in [1.29, 1.82) is 0 Å². The third-order valence-electron chi connectivity index (χ3n) is 6.77. The van der Waals surface area contributed by atoms with E-state index in [1.165, 1.54) is 64.2 Å². The Bertz CT molecular complexity index is 623. The number of aliphatic hydroxyl groups excluding tert-OH is 2. The molecule has 0 aromatic carbocycles. The molecule has 0 aliphatic carbocycles. The normalized spacial score (nSPS) is 13.9. The van der Waals surface area contributed by atoms with Gasteiger partial charge in [-0.15, -0.1) is 0 Å². The van der Waals surface area contributed by atoms with Crippen molar-refractivity contribution in [2.45, 2.75) is 154 Å². The minimum Gasteiger partial charge on any atom is -0.394 e. The lowest BCUT2D eigenvalue weighted by Crippen LogP contribution is -2.45. The molecular formula is C34H61NO3. The van der Waals surface area contributed by atoms with Crippen LogP contribution in [0.25, 0.3) is 0 Å². The fourth-order valence-corrected chi connectivity index (χ4v) is 4.33. The van der Waals surface area contributed by atoms with Gasteiger partial charge in [0.25, 0.3) is 0 Å². The Morgan fingerprint density at radius 3 is 1.66 bits per heavy atom. The molecule has 0 aromatic rings. The van der Waals surface area contributed by atoms with E-state index in [4.69, 9.17) is 0 Å². The number of amides is 1. The van der Waals surface area contributed by atoms with Crippen molar-refractivity contribution in [2.75, 3.05) is 6.61 Å². The third-order valence-corrected chi connectivity index (χ3v) is 6.77. The lowest BCUT2D eigenvalue weighted by Gasteiger charge is -2.19. The summed E-state index contributed by atoms with van der Waals surface area (Å²) in [6.07, 6.45) is 39.0. The summed E-state index contributed by atoms with van der Waals surface area (Å²) in [5, 5.41) is 22.7. The first-order chi connectivity index (χ1) is 18.7. The number of allylic oxidation sites excluding steroid dienone is 7. The Kier molecular flexibility index (Phi) is 28.6. The second-order valence-electron chi connectivity index (χ2n) is 10.5. The molecule has 0 aliphatic rings. The van der Waals surface area contributed by atoms with Crippen LogP contribution in [0.4, 0.5) is 0 Å². The largest absolute Gasteiger partial charge is 0.394 e. The van der Waals surface area contributed by atoms with Gasteiger partial charge in [0.15, 0.2) is 0 Å². The summed E-state index contributed by atoms with van der Waals surface area (Å²) < 4.78 is 0. The highest BCUT2D eigenvalue weighted by molar-refractivity contribution is 5.76. The maximum atomic E-state index is 12.2. The second kappa shape index (κ2) is 29.9. The number of hydrogen-bond acceptors (Lipinski definition) is 3. The van der Waals surface area contributed by atoms with E-state index in [0.717, 1.165) is 57.8 Å². The van der Waals surface area contributed by atoms with Crippen LogP contribution in [0.3, 0.4) is 0 Å². The van der Waals surface area contributed by atoms with Gasteiger partial charge in [-0.2, -0.15) is 0 Å². The van der Waals surface area contributed by atoms with Gasteiger partial charge in [-0.1, -0.05) is 120 Å². The Labute approximate surface area is 235 Å². The Hall–Kier alpha value is -1.65. The predicted octanol–water partition coefficient (Wildman–Crippen LogP) is 8.89. The molecule has 0 radical (unpaired) electrons. The molecule has 0 rings (SSSR count). The van der Waals surface area contributed by atoms with Gasteiger partial charge in [0.2, 0.25) is 5.91 Å². The lowest BCUT2D eigenvalue weighted by molar-refractivity contribution is -0.123. The Balaban J connectivity index is 3.72. The highest BCUT2D eigenvalue weighted by atomic mass is 16.3. The van der Waals surface area contributed by atoms with Crippen LogP contribution in [0.2, 0.25) is 0 Å². The molecule has 38 heavy (non-hydrogen) atoms. The Morgan fingerprint density at radius 1 is 0.632 bits per heavy atom. The quantitative estimate of drug-likeness (QED) is 0.0732. The smallest absolute Gasteiger partial charge is 0.220 e. The van der Waals surface area contributed by atoms with Gasteiger partial charge in [-0.25, -0.2) is 0 Å². The van der Waals surface area contributed by atoms with E-state index in [1.54, 1.807) is 6.08 Å². The van der Waals surface area contributed by atoms with Crippen molar-refractivity contribution in [2.24, 2.45) is 0 Å². The molecular weight excluding hydrogens is 470 g/mol. The van der Waals surface area contributed by atoms with Crippen molar-refractivity contribution in [3.8, 4) is 0 Å². The van der Waals surface area contributed by atoms with Crippen molar-refractivity contribution in [3.05, 3.63) is 48.6 Å². The summed E-state index contributed by atoms with van der Waals surface area (Å²) in [5.74, 6) is -0.0927. The average Bonchev–Trinajstić information content (AvgIpc) is 2.92. The molecule has 0 spiro atoms. The molecule has 0 bridgehead atoms. The molecule has 0 aromatic heterocycles. The first-order valence-electron chi connectivity index (χ1n) is 15.9. The van der Waals surface area contributed by atoms with Crippen LogP contribution < -0.4 is 5.32 Å². The fourth-order valence-electron chi connectivity index (χ4n) is 4.33. The minimum absolute atomic E-state index is 0.0927.